The smallest absolute Gasteiger partial charge is 0.475 e. The van der Waals surface area contributed by atoms with E-state index in [2.05, 4.69) is 25.3 Å². The molecule has 2 fully saturated rings. The van der Waals surface area contributed by atoms with E-state index in [0.717, 1.165) is 50.9 Å². The number of hydrogen-bond acceptors (Lipinski definition) is 7. The lowest BCUT2D eigenvalue weighted by molar-refractivity contribution is -0.192. The Kier molecular flexibility index (Phi) is 10.4. The molecule has 5 rings (SSSR count). The van der Waals surface area contributed by atoms with Crippen LogP contribution in [0.2, 0.25) is 10.0 Å². The summed E-state index contributed by atoms with van der Waals surface area (Å²) in [6.07, 6.45) is -0.614. The van der Waals surface area contributed by atoms with Gasteiger partial charge >= 0.3 is 18.2 Å². The molecule has 0 aliphatic carbocycles. The van der Waals surface area contributed by atoms with Crippen molar-refractivity contribution in [2.24, 2.45) is 5.92 Å². The lowest BCUT2D eigenvalue weighted by atomic mass is 9.95. The number of hydrogen-bond donors (Lipinski definition) is 4. The van der Waals surface area contributed by atoms with Gasteiger partial charge in [-0.2, -0.15) is 18.3 Å². The molecular formula is C26H30Cl2F3N7O5. The third-order valence-corrected chi connectivity index (χ3v) is 8.19. The summed E-state index contributed by atoms with van der Waals surface area (Å²) in [5, 5.41) is 24.9. The minimum atomic E-state index is -5.08. The summed E-state index contributed by atoms with van der Waals surface area (Å²) < 4.78 is 33.6. The largest absolute Gasteiger partial charge is 0.490 e. The second kappa shape index (κ2) is 13.8. The van der Waals surface area contributed by atoms with Gasteiger partial charge in [0.05, 0.1) is 22.3 Å². The number of amides is 1. The van der Waals surface area contributed by atoms with Crippen LogP contribution < -0.4 is 10.9 Å². The van der Waals surface area contributed by atoms with E-state index >= 15 is 0 Å². The van der Waals surface area contributed by atoms with Crippen LogP contribution in [-0.2, 0) is 11.3 Å². The van der Waals surface area contributed by atoms with Crippen LogP contribution in [0.5, 0.6) is 0 Å². The zero-order valence-electron chi connectivity index (χ0n) is 22.8. The van der Waals surface area contributed by atoms with Crippen molar-refractivity contribution in [1.82, 2.24) is 29.5 Å². The van der Waals surface area contributed by atoms with Gasteiger partial charge in [-0.25, -0.2) is 14.6 Å². The molecule has 3 aromatic rings. The van der Waals surface area contributed by atoms with Crippen LogP contribution >= 0.6 is 23.2 Å². The van der Waals surface area contributed by atoms with E-state index in [4.69, 9.17) is 38.2 Å². The molecule has 0 bridgehead atoms. The van der Waals surface area contributed by atoms with Crippen molar-refractivity contribution < 1.29 is 33.0 Å². The zero-order chi connectivity index (χ0) is 31.3. The molecule has 0 spiro atoms. The molecule has 0 radical (unpaired) electrons. The number of nitrogens with one attached hydrogen (secondary N) is 2. The average Bonchev–Trinajstić information content (AvgIpc) is 3.39. The Labute approximate surface area is 253 Å². The number of nitrogens with zero attached hydrogens (tertiary/aromatic N) is 5. The van der Waals surface area contributed by atoms with Gasteiger partial charge in [-0.1, -0.05) is 29.3 Å². The van der Waals surface area contributed by atoms with Gasteiger partial charge < -0.3 is 25.3 Å². The lowest BCUT2D eigenvalue weighted by Gasteiger charge is -2.37. The van der Waals surface area contributed by atoms with Crippen molar-refractivity contribution in [2.45, 2.75) is 44.4 Å². The normalized spacial score (nSPS) is 17.0. The number of H-pyrrole nitrogens is 1. The van der Waals surface area contributed by atoms with Gasteiger partial charge in [0.15, 0.2) is 5.52 Å². The molecule has 4 heterocycles. The maximum absolute atomic E-state index is 12.9. The summed E-state index contributed by atoms with van der Waals surface area (Å²) in [7, 11) is 0. The molecule has 1 aromatic carbocycles. The number of rotatable bonds is 6. The number of carbonyl (C=O) groups is 2. The number of aromatic amines is 1. The highest BCUT2D eigenvalue weighted by Crippen LogP contribution is 2.27. The van der Waals surface area contributed by atoms with Crippen molar-refractivity contribution >= 4 is 52.2 Å². The quantitative estimate of drug-likeness (QED) is 0.298. The molecule has 0 saturated carbocycles. The maximum atomic E-state index is 12.9. The van der Waals surface area contributed by atoms with Gasteiger partial charge in [0.1, 0.15) is 5.52 Å². The topological polar surface area (TPSA) is 157 Å². The number of aliphatic carboxylic acids is 1. The molecule has 234 valence electrons. The predicted molar refractivity (Wildman–Crippen MR) is 153 cm³/mol. The fourth-order valence-electron chi connectivity index (χ4n) is 5.18. The summed E-state index contributed by atoms with van der Waals surface area (Å²) in [6.45, 7) is 4.54. The van der Waals surface area contributed by atoms with Gasteiger partial charge in [-0.05, 0) is 49.3 Å². The summed E-state index contributed by atoms with van der Waals surface area (Å²) in [5.74, 6) is -1.85. The molecule has 1 amide bonds. The van der Waals surface area contributed by atoms with Crippen molar-refractivity contribution in [2.75, 3.05) is 38.0 Å². The monoisotopic (exact) mass is 647 g/mol. The maximum Gasteiger partial charge on any atom is 0.490 e. The van der Waals surface area contributed by atoms with Crippen LogP contribution in [-0.4, -0.2) is 90.7 Å². The first kappa shape index (κ1) is 32.4. The van der Waals surface area contributed by atoms with Crippen LogP contribution in [0.3, 0.4) is 0 Å². The molecule has 2 aliphatic heterocycles. The highest BCUT2D eigenvalue weighted by Gasteiger charge is 2.38. The highest BCUT2D eigenvalue weighted by molar-refractivity contribution is 6.42. The Balaban J connectivity index is 0.000000541. The first-order valence-electron chi connectivity index (χ1n) is 13.5. The minimum Gasteiger partial charge on any atom is -0.475 e. The number of piperidine rings is 2. The summed E-state index contributed by atoms with van der Waals surface area (Å²) in [6, 6.07) is 5.51. The van der Waals surface area contributed by atoms with E-state index in [1.807, 2.05) is 10.7 Å². The van der Waals surface area contributed by atoms with E-state index in [0.29, 0.717) is 52.6 Å². The number of halogens is 5. The third-order valence-electron chi connectivity index (χ3n) is 7.45. The van der Waals surface area contributed by atoms with Gasteiger partial charge in [-0.3, -0.25) is 14.5 Å². The van der Waals surface area contributed by atoms with Gasteiger partial charge in [0.2, 0.25) is 5.95 Å². The Bertz CT molecular complexity index is 1500. The van der Waals surface area contributed by atoms with Crippen LogP contribution in [0.15, 0.2) is 29.2 Å². The lowest BCUT2D eigenvalue weighted by Crippen LogP contribution is -2.43. The van der Waals surface area contributed by atoms with Crippen molar-refractivity contribution in [3.8, 4) is 0 Å². The molecule has 2 aromatic heterocycles. The first-order chi connectivity index (χ1) is 20.3. The Hall–Kier alpha value is -3.56. The van der Waals surface area contributed by atoms with Crippen molar-refractivity contribution in [3.05, 3.63) is 50.4 Å². The second-order valence-electron chi connectivity index (χ2n) is 10.4. The number of likely N-dealkylation sites (tertiary alicyclic amines) is 2. The van der Waals surface area contributed by atoms with E-state index < -0.39 is 18.2 Å². The van der Waals surface area contributed by atoms with Crippen LogP contribution in [0.4, 0.5) is 23.9 Å². The van der Waals surface area contributed by atoms with Crippen molar-refractivity contribution in [3.63, 3.8) is 0 Å². The number of anilines is 1. The number of benzene rings is 1. The van der Waals surface area contributed by atoms with Gasteiger partial charge in [0.25, 0.3) is 5.56 Å². The fraction of sp³-hybridized carbons (Fsp3) is 0.500. The molecular weight excluding hydrogens is 618 g/mol. The van der Waals surface area contributed by atoms with E-state index in [1.165, 1.54) is 4.90 Å². The molecule has 2 saturated heterocycles. The van der Waals surface area contributed by atoms with Crippen LogP contribution in [0.1, 0.15) is 37.3 Å². The Morgan fingerprint density at radius 1 is 1.05 bits per heavy atom. The number of carboxylic acids is 1. The molecule has 2 aliphatic rings. The van der Waals surface area contributed by atoms with Gasteiger partial charge in [-0.15, -0.1) is 0 Å². The van der Waals surface area contributed by atoms with E-state index in [-0.39, 0.29) is 11.6 Å². The average molecular weight is 648 g/mol. The zero-order valence-corrected chi connectivity index (χ0v) is 24.3. The molecule has 4 N–H and O–H groups in total. The van der Waals surface area contributed by atoms with Crippen molar-refractivity contribution in [1.29, 1.82) is 0 Å². The number of fused-ring (bicyclic) bond motifs is 1. The molecule has 0 unspecified atom stereocenters. The SMILES string of the molecule is O=C(O)C(F)(F)F.O=C(O)N1CCC(CN2CCC(n3ncc4nc(NCc5ccc(Cl)c(Cl)c5)[nH]c(=O)c43)CC2)CC1. The Morgan fingerprint density at radius 2 is 1.70 bits per heavy atom. The Morgan fingerprint density at radius 3 is 2.28 bits per heavy atom. The number of alkyl halides is 3. The molecule has 17 heteroatoms. The van der Waals surface area contributed by atoms with Crippen LogP contribution in [0.25, 0.3) is 11.0 Å². The molecule has 43 heavy (non-hydrogen) atoms. The first-order valence-corrected chi connectivity index (χ1v) is 14.2. The van der Waals surface area contributed by atoms with E-state index in [1.54, 1.807) is 18.3 Å². The predicted octanol–water partition coefficient (Wildman–Crippen LogP) is 4.70. The fourth-order valence-corrected chi connectivity index (χ4v) is 5.51. The molecule has 0 atom stereocenters. The summed E-state index contributed by atoms with van der Waals surface area (Å²) in [4.78, 5) is 44.3. The van der Waals surface area contributed by atoms with Gasteiger partial charge in [0, 0.05) is 39.3 Å². The molecule has 12 nitrogen and oxygen atoms in total. The standard InChI is InChI=1S/C24H29Cl2N7O3.C2HF3O2/c25-18-2-1-16(11-19(18)26)12-27-23-29-20-13-28-33(21(20)22(34)30-23)17-5-7-31(8-6-17)14-15-3-9-32(10-4-15)24(35)36;3-2(4,5)1(6)7/h1-2,11,13,15,17H,3-10,12,14H2,(H,35,36)(H2,27,29,30,34);(H,6,7). The number of carboxylic acid groups (broad SMARTS) is 2. The second-order valence-corrected chi connectivity index (χ2v) is 11.2. The summed E-state index contributed by atoms with van der Waals surface area (Å²) in [5.41, 5.74) is 1.75. The summed E-state index contributed by atoms with van der Waals surface area (Å²) >= 11 is 12.1. The van der Waals surface area contributed by atoms with E-state index in [9.17, 15) is 22.8 Å². The van der Waals surface area contributed by atoms with Crippen LogP contribution in [0, 0.1) is 5.92 Å². The highest BCUT2D eigenvalue weighted by atomic mass is 35.5. The third kappa shape index (κ3) is 8.51. The number of aromatic nitrogens is 4. The minimum absolute atomic E-state index is 0.144.